The van der Waals surface area contributed by atoms with Crippen molar-refractivity contribution in [3.05, 3.63) is 0 Å². The van der Waals surface area contributed by atoms with E-state index in [1.165, 1.54) is 6.92 Å². The van der Waals surface area contributed by atoms with Gasteiger partial charge in [0, 0.05) is 19.4 Å². The van der Waals surface area contributed by atoms with Crippen LogP contribution in [0.3, 0.4) is 0 Å². The molecule has 1 saturated heterocycles. The predicted molar refractivity (Wildman–Crippen MR) is 95.6 cm³/mol. The molecule has 0 radical (unpaired) electrons. The van der Waals surface area contributed by atoms with Crippen LogP contribution in [0, 0.1) is 5.92 Å². The fourth-order valence-electron chi connectivity index (χ4n) is 3.05. The van der Waals surface area contributed by atoms with E-state index in [0.717, 1.165) is 4.90 Å². The lowest BCUT2D eigenvalue weighted by Crippen LogP contribution is -2.50. The van der Waals surface area contributed by atoms with Crippen LogP contribution >= 0.6 is 0 Å². The molecule has 1 aliphatic rings. The molecule has 0 bridgehead atoms. The number of ketones is 1. The summed E-state index contributed by atoms with van der Waals surface area (Å²) in [7, 11) is 0. The molecule has 0 saturated carbocycles. The Hall–Kier alpha value is -3.02. The van der Waals surface area contributed by atoms with Crippen LogP contribution in [0.4, 0.5) is 0 Å². The molecule has 1 heterocycles. The minimum Gasteiger partial charge on any atom is -0.481 e. The first-order chi connectivity index (χ1) is 13.5. The number of carboxylic acid groups (broad SMARTS) is 3. The first kappa shape index (κ1) is 24.0. The summed E-state index contributed by atoms with van der Waals surface area (Å²) < 4.78 is 0. The highest BCUT2D eigenvalue weighted by Gasteiger charge is 2.44. The van der Waals surface area contributed by atoms with Crippen LogP contribution in [-0.2, 0) is 28.8 Å². The molecule has 29 heavy (non-hydrogen) atoms. The molecule has 162 valence electrons. The SMILES string of the molecule is C[C@H](N)C(=O)N[C@@H](CCC(=O)O)C(=O)[C@H]1CCN([C@@H](CCC(=O)O)C(=O)O)C1=O. The van der Waals surface area contributed by atoms with E-state index in [9.17, 15) is 33.9 Å². The standard InChI is InChI=1S/C17H25N3O9/c1-8(18)15(26)19-10(2-4-12(21)22)14(25)9-6-7-20(16(9)27)11(17(28)29)3-5-13(23)24/h8-11H,2-7,18H2,1H3,(H,19,26)(H,21,22)(H,23,24)(H,28,29)/t8-,9+,10-,11-/m0/s1. The minimum absolute atomic E-state index is 0.0217. The molecule has 12 nitrogen and oxygen atoms in total. The van der Waals surface area contributed by atoms with Crippen molar-refractivity contribution < 1.29 is 44.1 Å². The second-order valence-corrected chi connectivity index (χ2v) is 6.84. The molecule has 0 spiro atoms. The molecule has 0 aromatic heterocycles. The Labute approximate surface area is 166 Å². The summed E-state index contributed by atoms with van der Waals surface area (Å²) in [5, 5.41) is 29.2. The van der Waals surface area contributed by atoms with Crippen LogP contribution in [0.1, 0.15) is 39.0 Å². The van der Waals surface area contributed by atoms with Gasteiger partial charge in [0.05, 0.1) is 12.1 Å². The third-order valence-electron chi connectivity index (χ3n) is 4.60. The van der Waals surface area contributed by atoms with Gasteiger partial charge in [-0.3, -0.25) is 24.0 Å². The molecule has 1 rings (SSSR count). The van der Waals surface area contributed by atoms with Crippen LogP contribution in [0.15, 0.2) is 0 Å². The number of nitrogens with zero attached hydrogens (tertiary/aromatic N) is 1. The Morgan fingerprint density at radius 1 is 1.10 bits per heavy atom. The lowest BCUT2D eigenvalue weighted by atomic mass is 9.93. The molecule has 4 atom stereocenters. The molecule has 1 fully saturated rings. The molecule has 1 aliphatic heterocycles. The molecular formula is C17H25N3O9. The average molecular weight is 415 g/mol. The number of carbonyl (C=O) groups is 6. The highest BCUT2D eigenvalue weighted by Crippen LogP contribution is 2.25. The van der Waals surface area contributed by atoms with Crippen molar-refractivity contribution in [3.8, 4) is 0 Å². The number of nitrogens with one attached hydrogen (secondary N) is 1. The van der Waals surface area contributed by atoms with Gasteiger partial charge in [0.1, 0.15) is 12.0 Å². The van der Waals surface area contributed by atoms with Crippen molar-refractivity contribution in [2.45, 2.75) is 57.2 Å². The molecule has 0 aromatic carbocycles. The topological polar surface area (TPSA) is 204 Å². The molecule has 12 heteroatoms. The van der Waals surface area contributed by atoms with Gasteiger partial charge in [0.15, 0.2) is 5.78 Å². The van der Waals surface area contributed by atoms with E-state index in [1.807, 2.05) is 0 Å². The fraction of sp³-hybridized carbons (Fsp3) is 0.647. The third kappa shape index (κ3) is 6.82. The second kappa shape index (κ2) is 10.5. The Balaban J connectivity index is 2.95. The van der Waals surface area contributed by atoms with E-state index in [1.54, 1.807) is 0 Å². The highest BCUT2D eigenvalue weighted by molar-refractivity contribution is 6.07. The van der Waals surface area contributed by atoms with Crippen molar-refractivity contribution in [1.29, 1.82) is 0 Å². The van der Waals surface area contributed by atoms with E-state index in [-0.39, 0.29) is 25.8 Å². The molecule has 0 aromatic rings. The fourth-order valence-corrected chi connectivity index (χ4v) is 3.05. The van der Waals surface area contributed by atoms with Gasteiger partial charge in [0.2, 0.25) is 11.8 Å². The third-order valence-corrected chi connectivity index (χ3v) is 4.60. The zero-order valence-electron chi connectivity index (χ0n) is 15.9. The smallest absolute Gasteiger partial charge is 0.326 e. The number of likely N-dealkylation sites (tertiary alicyclic amines) is 1. The summed E-state index contributed by atoms with van der Waals surface area (Å²) >= 11 is 0. The van der Waals surface area contributed by atoms with Crippen molar-refractivity contribution in [2.75, 3.05) is 6.54 Å². The zero-order valence-corrected chi connectivity index (χ0v) is 15.9. The highest BCUT2D eigenvalue weighted by atomic mass is 16.4. The number of hydrogen-bond acceptors (Lipinski definition) is 7. The molecule has 2 amide bonds. The normalized spacial score (nSPS) is 19.3. The van der Waals surface area contributed by atoms with Gasteiger partial charge in [0.25, 0.3) is 0 Å². The zero-order chi connectivity index (χ0) is 22.3. The molecular weight excluding hydrogens is 390 g/mol. The maximum Gasteiger partial charge on any atom is 0.326 e. The van der Waals surface area contributed by atoms with E-state index < -0.39 is 72.4 Å². The molecule has 6 N–H and O–H groups in total. The van der Waals surface area contributed by atoms with Crippen molar-refractivity contribution in [1.82, 2.24) is 10.2 Å². The predicted octanol–water partition coefficient (Wildman–Crippen LogP) is -1.58. The number of carboxylic acids is 3. The van der Waals surface area contributed by atoms with Crippen LogP contribution in [0.25, 0.3) is 0 Å². The molecule has 0 unspecified atom stereocenters. The Morgan fingerprint density at radius 3 is 2.14 bits per heavy atom. The van der Waals surface area contributed by atoms with E-state index in [4.69, 9.17) is 15.9 Å². The Kier molecular flexibility index (Phi) is 8.70. The van der Waals surface area contributed by atoms with Gasteiger partial charge in [-0.05, 0) is 26.2 Å². The van der Waals surface area contributed by atoms with Crippen LogP contribution in [-0.4, -0.2) is 80.4 Å². The summed E-state index contributed by atoms with van der Waals surface area (Å²) in [6.45, 7) is 1.30. The van der Waals surface area contributed by atoms with Crippen molar-refractivity contribution in [2.24, 2.45) is 11.7 Å². The first-order valence-electron chi connectivity index (χ1n) is 9.02. The van der Waals surface area contributed by atoms with Crippen LogP contribution < -0.4 is 11.1 Å². The first-order valence-corrected chi connectivity index (χ1v) is 9.02. The lowest BCUT2D eigenvalue weighted by molar-refractivity contribution is -0.151. The van der Waals surface area contributed by atoms with E-state index in [2.05, 4.69) is 5.32 Å². The van der Waals surface area contributed by atoms with Gasteiger partial charge in [-0.2, -0.15) is 0 Å². The van der Waals surface area contributed by atoms with Gasteiger partial charge in [-0.15, -0.1) is 0 Å². The Bertz CT molecular complexity index is 692. The van der Waals surface area contributed by atoms with Crippen molar-refractivity contribution in [3.63, 3.8) is 0 Å². The number of aliphatic carboxylic acids is 3. The monoisotopic (exact) mass is 415 g/mol. The number of amides is 2. The minimum atomic E-state index is -1.40. The number of carbonyl (C=O) groups excluding carboxylic acids is 3. The maximum absolute atomic E-state index is 12.8. The lowest BCUT2D eigenvalue weighted by Gasteiger charge is -2.25. The quantitative estimate of drug-likeness (QED) is 0.231. The summed E-state index contributed by atoms with van der Waals surface area (Å²) in [5.41, 5.74) is 5.45. The summed E-state index contributed by atoms with van der Waals surface area (Å²) in [6.07, 6.45) is -1.49. The number of nitrogens with two attached hydrogens (primary N) is 1. The van der Waals surface area contributed by atoms with Crippen molar-refractivity contribution >= 4 is 35.5 Å². The van der Waals surface area contributed by atoms with Gasteiger partial charge >= 0.3 is 17.9 Å². The van der Waals surface area contributed by atoms with Gasteiger partial charge < -0.3 is 31.3 Å². The summed E-state index contributed by atoms with van der Waals surface area (Å²) in [6, 6.07) is -3.62. The van der Waals surface area contributed by atoms with Crippen LogP contribution in [0.2, 0.25) is 0 Å². The van der Waals surface area contributed by atoms with Crippen LogP contribution in [0.5, 0.6) is 0 Å². The summed E-state index contributed by atoms with van der Waals surface area (Å²) in [4.78, 5) is 71.2. The van der Waals surface area contributed by atoms with Gasteiger partial charge in [-0.25, -0.2) is 4.79 Å². The number of Topliss-reactive ketones (excluding diaryl/α,β-unsaturated/α-hetero) is 1. The number of hydrogen-bond donors (Lipinski definition) is 5. The van der Waals surface area contributed by atoms with E-state index in [0.29, 0.717) is 0 Å². The van der Waals surface area contributed by atoms with E-state index >= 15 is 0 Å². The number of rotatable bonds is 12. The van der Waals surface area contributed by atoms with Gasteiger partial charge in [-0.1, -0.05) is 0 Å². The second-order valence-electron chi connectivity index (χ2n) is 6.84. The largest absolute Gasteiger partial charge is 0.481 e. The maximum atomic E-state index is 12.8. The average Bonchev–Trinajstić information content (AvgIpc) is 2.98. The Morgan fingerprint density at radius 2 is 1.66 bits per heavy atom. The summed E-state index contributed by atoms with van der Waals surface area (Å²) in [5.74, 6) is -7.27. The molecule has 0 aliphatic carbocycles.